The molecule has 0 aliphatic carbocycles. The monoisotopic (exact) mass is 248 g/mol. The predicted octanol–water partition coefficient (Wildman–Crippen LogP) is 2.83. The Hall–Kier alpha value is -1.06. The van der Waals surface area contributed by atoms with E-state index in [9.17, 15) is 5.11 Å². The van der Waals surface area contributed by atoms with Gasteiger partial charge in [0, 0.05) is 24.8 Å². The molecule has 98 valence electrons. The fraction of sp³-hybridized carbons (Fsp3) is 0.600. The summed E-state index contributed by atoms with van der Waals surface area (Å²) in [7, 11) is 0. The molecular formula is C15H20O3. The van der Waals surface area contributed by atoms with E-state index in [1.54, 1.807) is 0 Å². The zero-order valence-electron chi connectivity index (χ0n) is 11.0. The SMILES string of the molecule is CC1(C)CC2(CCO1)CC(O)c1ccccc1O2. The summed E-state index contributed by atoms with van der Waals surface area (Å²) in [5.41, 5.74) is 0.465. The van der Waals surface area contributed by atoms with Gasteiger partial charge in [-0.1, -0.05) is 18.2 Å². The number of aliphatic hydroxyl groups excluding tert-OH is 1. The van der Waals surface area contributed by atoms with Crippen LogP contribution >= 0.6 is 0 Å². The second kappa shape index (κ2) is 3.97. The van der Waals surface area contributed by atoms with Crippen LogP contribution in [0.4, 0.5) is 0 Å². The number of ether oxygens (including phenoxy) is 2. The summed E-state index contributed by atoms with van der Waals surface area (Å²) in [6.07, 6.45) is 1.91. The third-order valence-electron chi connectivity index (χ3n) is 3.97. The first-order chi connectivity index (χ1) is 8.50. The van der Waals surface area contributed by atoms with E-state index < -0.39 is 6.10 Å². The van der Waals surface area contributed by atoms with Crippen LogP contribution < -0.4 is 4.74 Å². The lowest BCUT2D eigenvalue weighted by molar-refractivity contribution is -0.151. The van der Waals surface area contributed by atoms with Gasteiger partial charge in [0.15, 0.2) is 0 Å². The molecule has 3 heteroatoms. The van der Waals surface area contributed by atoms with Gasteiger partial charge in [0.05, 0.1) is 18.3 Å². The van der Waals surface area contributed by atoms with Gasteiger partial charge in [0.1, 0.15) is 11.4 Å². The molecule has 1 aromatic carbocycles. The fourth-order valence-corrected chi connectivity index (χ4v) is 3.28. The van der Waals surface area contributed by atoms with Crippen LogP contribution in [0.25, 0.3) is 0 Å². The van der Waals surface area contributed by atoms with E-state index in [1.165, 1.54) is 0 Å². The molecule has 2 atom stereocenters. The van der Waals surface area contributed by atoms with E-state index in [0.29, 0.717) is 13.0 Å². The number of para-hydroxylation sites is 1. The fourth-order valence-electron chi connectivity index (χ4n) is 3.28. The standard InChI is InChI=1S/C15H20O3/c1-14(2)10-15(7-8-17-14)9-12(16)11-5-3-4-6-13(11)18-15/h3-6,12,16H,7-10H2,1-2H3. The van der Waals surface area contributed by atoms with Crippen molar-refractivity contribution in [3.63, 3.8) is 0 Å². The minimum atomic E-state index is -0.427. The Morgan fingerprint density at radius 3 is 2.83 bits per heavy atom. The van der Waals surface area contributed by atoms with Gasteiger partial charge in [-0.3, -0.25) is 0 Å². The van der Waals surface area contributed by atoms with E-state index in [-0.39, 0.29) is 11.2 Å². The van der Waals surface area contributed by atoms with Gasteiger partial charge in [-0.2, -0.15) is 0 Å². The number of fused-ring (bicyclic) bond motifs is 1. The maximum absolute atomic E-state index is 10.3. The molecular weight excluding hydrogens is 228 g/mol. The van der Waals surface area contributed by atoms with Crippen LogP contribution in [-0.4, -0.2) is 22.9 Å². The average molecular weight is 248 g/mol. The lowest BCUT2D eigenvalue weighted by atomic mass is 9.77. The van der Waals surface area contributed by atoms with Crippen LogP contribution in [-0.2, 0) is 4.74 Å². The minimum absolute atomic E-state index is 0.176. The number of benzene rings is 1. The molecule has 2 aliphatic rings. The van der Waals surface area contributed by atoms with Gasteiger partial charge >= 0.3 is 0 Å². The Morgan fingerprint density at radius 2 is 2.06 bits per heavy atom. The summed E-state index contributed by atoms with van der Waals surface area (Å²) in [4.78, 5) is 0. The topological polar surface area (TPSA) is 38.7 Å². The maximum atomic E-state index is 10.3. The van der Waals surface area contributed by atoms with Crippen molar-refractivity contribution in [3.05, 3.63) is 29.8 Å². The first-order valence-electron chi connectivity index (χ1n) is 6.60. The smallest absolute Gasteiger partial charge is 0.125 e. The third kappa shape index (κ3) is 2.02. The van der Waals surface area contributed by atoms with Gasteiger partial charge in [0.25, 0.3) is 0 Å². The van der Waals surface area contributed by atoms with Crippen LogP contribution in [0.2, 0.25) is 0 Å². The number of hydrogen-bond donors (Lipinski definition) is 1. The van der Waals surface area contributed by atoms with Crippen molar-refractivity contribution in [2.75, 3.05) is 6.61 Å². The van der Waals surface area contributed by atoms with Crippen molar-refractivity contribution in [2.24, 2.45) is 0 Å². The van der Waals surface area contributed by atoms with Crippen LogP contribution in [0.3, 0.4) is 0 Å². The maximum Gasteiger partial charge on any atom is 0.125 e. The van der Waals surface area contributed by atoms with Gasteiger partial charge in [0.2, 0.25) is 0 Å². The molecule has 0 radical (unpaired) electrons. The van der Waals surface area contributed by atoms with Gasteiger partial charge in [-0.15, -0.1) is 0 Å². The van der Waals surface area contributed by atoms with Gasteiger partial charge in [-0.05, 0) is 19.9 Å². The molecule has 3 rings (SSSR count). The quantitative estimate of drug-likeness (QED) is 0.767. The minimum Gasteiger partial charge on any atom is -0.487 e. The van der Waals surface area contributed by atoms with E-state index >= 15 is 0 Å². The van der Waals surface area contributed by atoms with Crippen LogP contribution in [0.1, 0.15) is 44.8 Å². The zero-order chi connectivity index (χ0) is 12.8. The lowest BCUT2D eigenvalue weighted by Gasteiger charge is -2.48. The zero-order valence-corrected chi connectivity index (χ0v) is 11.0. The first kappa shape index (κ1) is 12.0. The largest absolute Gasteiger partial charge is 0.487 e. The number of rotatable bonds is 0. The van der Waals surface area contributed by atoms with Crippen molar-refractivity contribution < 1.29 is 14.6 Å². The first-order valence-corrected chi connectivity index (χ1v) is 6.60. The van der Waals surface area contributed by atoms with Crippen LogP contribution in [0.5, 0.6) is 5.75 Å². The Morgan fingerprint density at radius 1 is 1.28 bits per heavy atom. The molecule has 1 spiro atoms. The Labute approximate surface area is 108 Å². The predicted molar refractivity (Wildman–Crippen MR) is 68.6 cm³/mol. The molecule has 1 fully saturated rings. The van der Waals surface area contributed by atoms with Crippen molar-refractivity contribution in [3.8, 4) is 5.75 Å². The molecule has 0 bridgehead atoms. The Balaban J connectivity index is 1.93. The highest BCUT2D eigenvalue weighted by Crippen LogP contribution is 2.46. The van der Waals surface area contributed by atoms with Gasteiger partial charge in [-0.25, -0.2) is 0 Å². The van der Waals surface area contributed by atoms with Crippen molar-refractivity contribution in [2.45, 2.75) is 50.4 Å². The summed E-state index contributed by atoms with van der Waals surface area (Å²) >= 11 is 0. The summed E-state index contributed by atoms with van der Waals surface area (Å²) in [5.74, 6) is 0.828. The second-order valence-corrected chi connectivity index (χ2v) is 6.08. The summed E-state index contributed by atoms with van der Waals surface area (Å²) in [6.45, 7) is 4.87. The number of hydrogen-bond acceptors (Lipinski definition) is 3. The Kier molecular flexibility index (Phi) is 2.65. The highest BCUT2D eigenvalue weighted by Gasteiger charge is 2.47. The average Bonchev–Trinajstić information content (AvgIpc) is 2.27. The van der Waals surface area contributed by atoms with Gasteiger partial charge < -0.3 is 14.6 Å². The number of aliphatic hydroxyl groups is 1. The normalized spacial score (nSPS) is 33.8. The summed E-state index contributed by atoms with van der Waals surface area (Å²) in [5, 5.41) is 10.3. The van der Waals surface area contributed by atoms with E-state index in [1.807, 2.05) is 24.3 Å². The summed E-state index contributed by atoms with van der Waals surface area (Å²) < 4.78 is 12.0. The molecule has 1 N–H and O–H groups in total. The molecule has 1 saturated heterocycles. The van der Waals surface area contributed by atoms with Crippen LogP contribution in [0.15, 0.2) is 24.3 Å². The lowest BCUT2D eigenvalue weighted by Crippen LogP contribution is -2.51. The van der Waals surface area contributed by atoms with E-state index in [2.05, 4.69) is 13.8 Å². The molecule has 1 aromatic rings. The molecule has 0 aromatic heterocycles. The van der Waals surface area contributed by atoms with Crippen molar-refractivity contribution >= 4 is 0 Å². The highest BCUT2D eigenvalue weighted by atomic mass is 16.5. The van der Waals surface area contributed by atoms with E-state index in [0.717, 1.165) is 24.2 Å². The molecule has 2 heterocycles. The molecule has 0 amide bonds. The van der Waals surface area contributed by atoms with Crippen molar-refractivity contribution in [1.29, 1.82) is 0 Å². The molecule has 3 nitrogen and oxygen atoms in total. The second-order valence-electron chi connectivity index (χ2n) is 6.08. The summed E-state index contributed by atoms with van der Waals surface area (Å²) in [6, 6.07) is 7.78. The van der Waals surface area contributed by atoms with E-state index in [4.69, 9.17) is 9.47 Å². The third-order valence-corrected chi connectivity index (χ3v) is 3.97. The molecule has 0 saturated carbocycles. The molecule has 2 aliphatic heterocycles. The molecule has 18 heavy (non-hydrogen) atoms. The van der Waals surface area contributed by atoms with Crippen molar-refractivity contribution in [1.82, 2.24) is 0 Å². The molecule has 2 unspecified atom stereocenters. The highest BCUT2D eigenvalue weighted by molar-refractivity contribution is 5.38. The Bertz CT molecular complexity index is 455. The van der Waals surface area contributed by atoms with Crippen LogP contribution in [0, 0.1) is 0 Å².